The quantitative estimate of drug-likeness (QED) is 0.603. The Morgan fingerprint density at radius 1 is 1.07 bits per heavy atom. The Morgan fingerprint density at radius 2 is 1.69 bits per heavy atom. The van der Waals surface area contributed by atoms with E-state index in [1.165, 1.54) is 6.07 Å². The Bertz CT molecular complexity index is 921. The fourth-order valence-electron chi connectivity index (χ4n) is 4.28. The lowest BCUT2D eigenvalue weighted by atomic mass is 9.86. The minimum atomic E-state index is -1.58. The van der Waals surface area contributed by atoms with E-state index >= 15 is 0 Å². The lowest BCUT2D eigenvalue weighted by Gasteiger charge is -2.32. The van der Waals surface area contributed by atoms with Crippen molar-refractivity contribution in [3.8, 4) is 0 Å². The van der Waals surface area contributed by atoms with E-state index in [1.807, 2.05) is 0 Å². The van der Waals surface area contributed by atoms with Gasteiger partial charge in [0.1, 0.15) is 0 Å². The summed E-state index contributed by atoms with van der Waals surface area (Å²) in [6.45, 7) is 0. The number of aliphatic hydroxyl groups is 1. The number of carbonyl (C=O) groups is 1. The van der Waals surface area contributed by atoms with Crippen molar-refractivity contribution in [1.29, 1.82) is 0 Å². The van der Waals surface area contributed by atoms with Gasteiger partial charge in [-0.2, -0.15) is 0 Å². The smallest absolute Gasteiger partial charge is 0.255 e. The molecule has 2 saturated carbocycles. The molecule has 0 saturated heterocycles. The lowest BCUT2D eigenvalue weighted by Crippen LogP contribution is -2.31. The van der Waals surface area contributed by atoms with E-state index in [2.05, 4.69) is 5.32 Å². The second-order valence-corrected chi connectivity index (χ2v) is 9.40. The van der Waals surface area contributed by atoms with Crippen LogP contribution in [0.4, 0.5) is 18.9 Å². The molecule has 2 aliphatic carbocycles. The van der Waals surface area contributed by atoms with Gasteiger partial charge in [-0.15, -0.1) is 11.8 Å². The van der Waals surface area contributed by atoms with Gasteiger partial charge in [-0.25, -0.2) is 13.2 Å². The summed E-state index contributed by atoms with van der Waals surface area (Å²) in [6, 6.07) is 6.23. The van der Waals surface area contributed by atoms with Crippen molar-refractivity contribution < 1.29 is 23.1 Å². The zero-order chi connectivity index (χ0) is 20.7. The molecule has 2 fully saturated rings. The summed E-state index contributed by atoms with van der Waals surface area (Å²) in [5, 5.41) is 13.4. The maximum absolute atomic E-state index is 13.4. The first kappa shape index (κ1) is 20.6. The Kier molecular flexibility index (Phi) is 5.82. The van der Waals surface area contributed by atoms with Gasteiger partial charge in [0.25, 0.3) is 5.91 Å². The zero-order valence-electron chi connectivity index (χ0n) is 15.3. The van der Waals surface area contributed by atoms with Gasteiger partial charge in [0.15, 0.2) is 17.5 Å². The van der Waals surface area contributed by atoms with Crippen LogP contribution < -0.4 is 5.32 Å². The van der Waals surface area contributed by atoms with Crippen LogP contribution in [0.3, 0.4) is 0 Å². The molecule has 8 heteroatoms. The number of nitrogens with one attached hydrogen (secondary N) is 1. The predicted molar refractivity (Wildman–Crippen MR) is 107 cm³/mol. The monoisotopic (exact) mass is 441 g/mol. The first-order chi connectivity index (χ1) is 13.8. The molecule has 2 bridgehead atoms. The molecule has 1 amide bonds. The summed E-state index contributed by atoms with van der Waals surface area (Å²) >= 11 is 7.91. The molecule has 154 valence electrons. The Hall–Kier alpha value is -1.70. The normalized spacial score (nSPS) is 25.8. The van der Waals surface area contributed by atoms with E-state index in [4.69, 9.17) is 11.6 Å². The number of benzene rings is 2. The summed E-state index contributed by atoms with van der Waals surface area (Å²) in [6.07, 6.45) is 3.69. The highest BCUT2D eigenvalue weighted by atomic mass is 35.5. The molecule has 2 aromatic carbocycles. The average molecular weight is 442 g/mol. The van der Waals surface area contributed by atoms with E-state index in [9.17, 15) is 23.1 Å². The van der Waals surface area contributed by atoms with Crippen molar-refractivity contribution in [3.63, 3.8) is 0 Å². The third-order valence-electron chi connectivity index (χ3n) is 5.73. The molecular weight excluding hydrogens is 423 g/mol. The molecule has 0 heterocycles. The van der Waals surface area contributed by atoms with Gasteiger partial charge in [0.05, 0.1) is 11.1 Å². The van der Waals surface area contributed by atoms with Gasteiger partial charge in [-0.05, 0) is 55.7 Å². The molecule has 0 radical (unpaired) electrons. The van der Waals surface area contributed by atoms with Crippen molar-refractivity contribution in [2.75, 3.05) is 5.32 Å². The van der Waals surface area contributed by atoms with Crippen LogP contribution in [0, 0.1) is 29.3 Å². The summed E-state index contributed by atoms with van der Waals surface area (Å²) in [5.41, 5.74) is 0.106. The molecule has 2 aromatic rings. The van der Waals surface area contributed by atoms with Crippen LogP contribution in [-0.2, 0) is 0 Å². The van der Waals surface area contributed by atoms with Crippen LogP contribution in [-0.4, -0.2) is 22.4 Å². The van der Waals surface area contributed by atoms with E-state index in [1.54, 1.807) is 23.9 Å². The first-order valence-corrected chi connectivity index (χ1v) is 10.7. The summed E-state index contributed by atoms with van der Waals surface area (Å²) in [5.74, 6) is -4.27. The number of rotatable bonds is 4. The number of fused-ring (bicyclic) bond motifs is 2. The van der Waals surface area contributed by atoms with Crippen LogP contribution in [0.2, 0.25) is 5.02 Å². The second-order valence-electron chi connectivity index (χ2n) is 7.65. The summed E-state index contributed by atoms with van der Waals surface area (Å²) < 4.78 is 39.8. The topological polar surface area (TPSA) is 49.3 Å². The van der Waals surface area contributed by atoms with Crippen LogP contribution >= 0.6 is 23.4 Å². The van der Waals surface area contributed by atoms with Crippen molar-refractivity contribution in [2.24, 2.45) is 11.8 Å². The highest BCUT2D eigenvalue weighted by Crippen LogP contribution is 2.48. The number of anilines is 1. The molecule has 29 heavy (non-hydrogen) atoms. The van der Waals surface area contributed by atoms with Crippen LogP contribution in [0.5, 0.6) is 0 Å². The number of thioether (sulfide) groups is 1. The maximum atomic E-state index is 13.4. The largest absolute Gasteiger partial charge is 0.393 e. The minimum Gasteiger partial charge on any atom is -0.393 e. The first-order valence-electron chi connectivity index (χ1n) is 9.42. The number of hydrogen-bond donors (Lipinski definition) is 2. The Morgan fingerprint density at radius 3 is 2.31 bits per heavy atom. The van der Waals surface area contributed by atoms with Gasteiger partial charge in [-0.3, -0.25) is 4.79 Å². The molecule has 0 aliphatic heterocycles. The number of amides is 1. The minimum absolute atomic E-state index is 0.173. The number of halogens is 4. The molecule has 0 spiro atoms. The molecule has 2 N–H and O–H groups in total. The molecule has 1 unspecified atom stereocenters. The van der Waals surface area contributed by atoms with Crippen LogP contribution in [0.25, 0.3) is 0 Å². The van der Waals surface area contributed by atoms with Gasteiger partial charge in [-0.1, -0.05) is 11.6 Å². The lowest BCUT2D eigenvalue weighted by molar-refractivity contribution is 0.0628. The summed E-state index contributed by atoms with van der Waals surface area (Å²) in [7, 11) is 0. The molecule has 4 atom stereocenters. The Balaban J connectivity index is 1.48. The van der Waals surface area contributed by atoms with E-state index in [0.717, 1.165) is 42.7 Å². The number of carbonyl (C=O) groups excluding carboxylic acids is 1. The number of aliphatic hydroxyl groups excluding tert-OH is 1. The molecule has 3 nitrogen and oxygen atoms in total. The Labute approximate surface area is 175 Å². The van der Waals surface area contributed by atoms with Crippen molar-refractivity contribution in [1.82, 2.24) is 0 Å². The third kappa shape index (κ3) is 4.27. The van der Waals surface area contributed by atoms with Gasteiger partial charge in [0.2, 0.25) is 0 Å². The standard InChI is InChI=1S/C21H19ClF3NO2S/c22-15-4-3-12(21(28)26-13-8-16(23)19(25)17(24)9-13)7-18(15)29-14-5-10-1-2-11(6-14)20(10)27/h3-4,7-11,14,20,27H,1-2,5-6H2,(H,26,28)/t10-,11?,14+,20-/m0/s1. The van der Waals surface area contributed by atoms with Crippen molar-refractivity contribution in [3.05, 3.63) is 58.4 Å². The average Bonchev–Trinajstić information content (AvgIpc) is 2.89. The number of hydrogen-bond acceptors (Lipinski definition) is 3. The van der Waals surface area contributed by atoms with Crippen LogP contribution in [0.1, 0.15) is 36.0 Å². The van der Waals surface area contributed by atoms with Crippen molar-refractivity contribution >= 4 is 35.0 Å². The maximum Gasteiger partial charge on any atom is 0.255 e. The molecule has 4 rings (SSSR count). The van der Waals surface area contributed by atoms with E-state index in [-0.39, 0.29) is 17.4 Å². The van der Waals surface area contributed by atoms with Gasteiger partial charge < -0.3 is 10.4 Å². The van der Waals surface area contributed by atoms with E-state index in [0.29, 0.717) is 22.1 Å². The summed E-state index contributed by atoms with van der Waals surface area (Å²) in [4.78, 5) is 13.2. The fraction of sp³-hybridized carbons (Fsp3) is 0.381. The molecular formula is C21H19ClF3NO2S. The zero-order valence-corrected chi connectivity index (χ0v) is 16.9. The second kappa shape index (κ2) is 8.20. The SMILES string of the molecule is O=C(Nc1cc(F)c(F)c(F)c1)c1ccc(Cl)c(S[C@H]2CC3CC[C@@H](C2)[C@@H]3O)c1. The predicted octanol–water partition coefficient (Wildman–Crippen LogP) is 5.65. The molecule has 2 aliphatic rings. The highest BCUT2D eigenvalue weighted by Gasteiger charge is 2.42. The van der Waals surface area contributed by atoms with Crippen LogP contribution in [0.15, 0.2) is 35.2 Å². The highest BCUT2D eigenvalue weighted by molar-refractivity contribution is 8.00. The fourth-order valence-corrected chi connectivity index (χ4v) is 5.96. The van der Waals surface area contributed by atoms with E-state index < -0.39 is 23.4 Å². The third-order valence-corrected chi connectivity index (χ3v) is 7.49. The van der Waals surface area contributed by atoms with Gasteiger partial charge in [0, 0.05) is 33.5 Å². The van der Waals surface area contributed by atoms with Crippen molar-refractivity contribution in [2.45, 2.75) is 41.9 Å². The van der Waals surface area contributed by atoms with Gasteiger partial charge >= 0.3 is 0 Å². The molecule has 0 aromatic heterocycles.